The average molecular weight is 638 g/mol. The fraction of sp³-hybridized carbons (Fsp3) is 0.250. The quantitative estimate of drug-likeness (QED) is 0.202. The lowest BCUT2D eigenvalue weighted by Crippen LogP contribution is -2.38. The fourth-order valence-electron chi connectivity index (χ4n) is 5.95. The van der Waals surface area contributed by atoms with Gasteiger partial charge in [-0.3, -0.25) is 14.5 Å². The third-order valence-electron chi connectivity index (χ3n) is 8.25. The van der Waals surface area contributed by atoms with Crippen molar-refractivity contribution in [2.45, 2.75) is 45.4 Å². The molecule has 48 heavy (non-hydrogen) atoms. The van der Waals surface area contributed by atoms with Gasteiger partial charge in [0.2, 0.25) is 5.82 Å². The summed E-state index contributed by atoms with van der Waals surface area (Å²) in [7, 11) is 0. The minimum atomic E-state index is 0.0666. The number of nitrogens with zero attached hydrogens (tertiary/aromatic N) is 9. The monoisotopic (exact) mass is 637 g/mol. The molecule has 12 nitrogen and oxygen atoms in total. The Morgan fingerprint density at radius 1 is 0.917 bits per heavy atom. The number of nitrogens with two attached hydrogens (primary N) is 1. The third-order valence-corrected chi connectivity index (χ3v) is 8.25. The van der Waals surface area contributed by atoms with Crippen LogP contribution in [0.4, 0.5) is 11.6 Å². The second kappa shape index (κ2) is 13.4. The van der Waals surface area contributed by atoms with Crippen LogP contribution in [0.1, 0.15) is 38.1 Å². The number of pyridine rings is 3. The van der Waals surface area contributed by atoms with Crippen molar-refractivity contribution in [2.24, 2.45) is 0 Å². The molecule has 5 aromatic heterocycles. The van der Waals surface area contributed by atoms with Crippen molar-refractivity contribution >= 4 is 22.8 Å². The number of aromatic nitrogens is 7. The Balaban J connectivity index is 1.13. The first-order valence-corrected chi connectivity index (χ1v) is 16.0. The summed E-state index contributed by atoms with van der Waals surface area (Å²) >= 11 is 0. The molecule has 12 heteroatoms. The molecule has 1 aliphatic rings. The van der Waals surface area contributed by atoms with Crippen molar-refractivity contribution in [3.8, 4) is 40.3 Å². The predicted molar refractivity (Wildman–Crippen MR) is 184 cm³/mol. The van der Waals surface area contributed by atoms with Crippen LogP contribution in [0.2, 0.25) is 0 Å². The minimum absolute atomic E-state index is 0.0666. The Bertz CT molecular complexity index is 2080. The Morgan fingerprint density at radius 2 is 1.73 bits per heavy atom. The number of piperidine rings is 1. The van der Waals surface area contributed by atoms with E-state index in [0.717, 1.165) is 60.6 Å². The smallest absolute Gasteiger partial charge is 0.234 e. The highest BCUT2D eigenvalue weighted by Crippen LogP contribution is 2.32. The highest BCUT2D eigenvalue weighted by atomic mass is 16.5. The molecule has 0 aliphatic carbocycles. The van der Waals surface area contributed by atoms with Gasteiger partial charge in [-0.1, -0.05) is 12.1 Å². The van der Waals surface area contributed by atoms with Gasteiger partial charge in [0.25, 0.3) is 0 Å². The molecular formula is C36H35N11O. The maximum absolute atomic E-state index is 9.09. The van der Waals surface area contributed by atoms with Gasteiger partial charge >= 0.3 is 0 Å². The third kappa shape index (κ3) is 6.63. The molecular weight excluding hydrogens is 602 g/mol. The van der Waals surface area contributed by atoms with Crippen molar-refractivity contribution < 1.29 is 4.74 Å². The highest BCUT2D eigenvalue weighted by molar-refractivity contribution is 5.84. The number of hydrogen-bond donors (Lipinski definition) is 2. The molecule has 0 unspecified atom stereocenters. The Kier molecular flexibility index (Phi) is 8.59. The topological polar surface area (TPSA) is 157 Å². The SMILES string of the molecule is CC(C)Oc1ccc(-c2ccc3nc(-c4cccnc4N)n(-c4ccc(CN5CCC(Nc6ccnc(C#N)n6)CC5)cc4)c3n2)nc1. The van der Waals surface area contributed by atoms with Gasteiger partial charge in [0, 0.05) is 43.8 Å². The van der Waals surface area contributed by atoms with E-state index in [-0.39, 0.29) is 11.9 Å². The molecule has 1 fully saturated rings. The fourth-order valence-corrected chi connectivity index (χ4v) is 5.95. The van der Waals surface area contributed by atoms with Crippen molar-refractivity contribution in [1.82, 2.24) is 39.4 Å². The summed E-state index contributed by atoms with van der Waals surface area (Å²) in [5, 5.41) is 12.5. The van der Waals surface area contributed by atoms with Crippen LogP contribution in [0.3, 0.4) is 0 Å². The number of fused-ring (bicyclic) bond motifs is 1. The van der Waals surface area contributed by atoms with Gasteiger partial charge in [0.1, 0.15) is 29.0 Å². The zero-order chi connectivity index (χ0) is 33.0. The molecule has 3 N–H and O–H groups in total. The molecule has 0 radical (unpaired) electrons. The number of ether oxygens (including phenoxy) is 1. The molecule has 1 aromatic carbocycles. The van der Waals surface area contributed by atoms with Gasteiger partial charge in [-0.2, -0.15) is 5.26 Å². The Morgan fingerprint density at radius 3 is 2.46 bits per heavy atom. The molecule has 6 aromatic rings. The van der Waals surface area contributed by atoms with Crippen LogP contribution in [0.15, 0.2) is 85.3 Å². The van der Waals surface area contributed by atoms with E-state index in [1.807, 2.05) is 60.9 Å². The number of nitriles is 1. The number of hydrogen-bond acceptors (Lipinski definition) is 11. The molecule has 1 aliphatic heterocycles. The van der Waals surface area contributed by atoms with Crippen molar-refractivity contribution in [1.29, 1.82) is 5.26 Å². The van der Waals surface area contributed by atoms with Gasteiger partial charge in [-0.15, -0.1) is 0 Å². The van der Waals surface area contributed by atoms with Crippen LogP contribution in [0, 0.1) is 11.3 Å². The Labute approximate surface area is 278 Å². The van der Waals surface area contributed by atoms with E-state index >= 15 is 0 Å². The molecule has 6 heterocycles. The normalized spacial score (nSPS) is 13.9. The van der Waals surface area contributed by atoms with Crippen LogP contribution < -0.4 is 15.8 Å². The highest BCUT2D eigenvalue weighted by Gasteiger charge is 2.21. The maximum Gasteiger partial charge on any atom is 0.234 e. The molecule has 0 atom stereocenters. The summed E-state index contributed by atoms with van der Waals surface area (Å²) in [6.45, 7) is 6.73. The van der Waals surface area contributed by atoms with Crippen LogP contribution in [0.25, 0.3) is 39.6 Å². The summed E-state index contributed by atoms with van der Waals surface area (Å²) < 4.78 is 7.81. The summed E-state index contributed by atoms with van der Waals surface area (Å²) in [5.41, 5.74) is 12.1. The van der Waals surface area contributed by atoms with Crippen LogP contribution >= 0.6 is 0 Å². The second-order valence-electron chi connectivity index (χ2n) is 12.0. The van der Waals surface area contributed by atoms with E-state index in [2.05, 4.69) is 54.4 Å². The molecule has 240 valence electrons. The maximum atomic E-state index is 9.09. The molecule has 0 bridgehead atoms. The zero-order valence-electron chi connectivity index (χ0n) is 26.8. The largest absolute Gasteiger partial charge is 0.489 e. The van der Waals surface area contributed by atoms with E-state index in [0.29, 0.717) is 34.9 Å². The number of anilines is 2. The lowest BCUT2D eigenvalue weighted by atomic mass is 10.0. The van der Waals surface area contributed by atoms with Crippen molar-refractivity contribution in [3.05, 3.63) is 96.7 Å². The van der Waals surface area contributed by atoms with Crippen LogP contribution in [0.5, 0.6) is 5.75 Å². The summed E-state index contributed by atoms with van der Waals surface area (Å²) in [6, 6.07) is 24.1. The molecule has 7 rings (SSSR count). The summed E-state index contributed by atoms with van der Waals surface area (Å²) in [5.74, 6) is 2.66. The van der Waals surface area contributed by atoms with Gasteiger partial charge < -0.3 is 15.8 Å². The second-order valence-corrected chi connectivity index (χ2v) is 12.0. The first-order valence-electron chi connectivity index (χ1n) is 16.0. The molecule has 1 saturated heterocycles. The van der Waals surface area contributed by atoms with Crippen LogP contribution in [-0.2, 0) is 6.54 Å². The first kappa shape index (κ1) is 30.7. The van der Waals surface area contributed by atoms with E-state index in [1.54, 1.807) is 24.7 Å². The number of imidazole rings is 1. The number of rotatable bonds is 9. The van der Waals surface area contributed by atoms with E-state index in [4.69, 9.17) is 25.7 Å². The van der Waals surface area contributed by atoms with Crippen molar-refractivity contribution in [3.63, 3.8) is 0 Å². The standard InChI is InChI=1S/C36H35N11O/c1-23(2)48-27-9-10-29(41-21-27)30-11-12-31-36(43-30)47(35(44-31)28-4-3-16-40-34(28)38)26-7-5-24(6-8-26)22-46-18-14-25(15-19-46)42-32-13-17-39-33(20-37)45-32/h3-13,16-17,21,23,25H,14-15,18-19,22H2,1-2H3,(H2,38,40)(H,39,42,45). The average Bonchev–Trinajstić information content (AvgIpc) is 3.48. The summed E-state index contributed by atoms with van der Waals surface area (Å²) in [4.78, 5) is 29.6. The molecule has 0 amide bonds. The zero-order valence-corrected chi connectivity index (χ0v) is 26.8. The number of likely N-dealkylation sites (tertiary alicyclic amines) is 1. The summed E-state index contributed by atoms with van der Waals surface area (Å²) in [6.07, 6.45) is 7.05. The van der Waals surface area contributed by atoms with E-state index < -0.39 is 0 Å². The van der Waals surface area contributed by atoms with Gasteiger partial charge in [0.05, 0.1) is 29.3 Å². The molecule has 0 saturated carbocycles. The number of nitrogen functional groups attached to an aromatic ring is 1. The molecule has 0 spiro atoms. The van der Waals surface area contributed by atoms with Crippen molar-refractivity contribution in [2.75, 3.05) is 24.1 Å². The first-order chi connectivity index (χ1) is 23.4. The van der Waals surface area contributed by atoms with E-state index in [9.17, 15) is 0 Å². The van der Waals surface area contributed by atoms with Crippen LogP contribution in [-0.4, -0.2) is 64.6 Å². The minimum Gasteiger partial charge on any atom is -0.489 e. The van der Waals surface area contributed by atoms with Gasteiger partial charge in [-0.05, 0) is 86.8 Å². The number of nitrogens with one attached hydrogen (secondary N) is 1. The lowest BCUT2D eigenvalue weighted by Gasteiger charge is -2.32. The van der Waals surface area contributed by atoms with Gasteiger partial charge in [0.15, 0.2) is 11.5 Å². The van der Waals surface area contributed by atoms with E-state index in [1.165, 1.54) is 5.56 Å². The predicted octanol–water partition coefficient (Wildman–Crippen LogP) is 5.65. The Hall–Kier alpha value is -5.93. The lowest BCUT2D eigenvalue weighted by molar-refractivity contribution is 0.211. The van der Waals surface area contributed by atoms with Gasteiger partial charge in [-0.25, -0.2) is 24.9 Å². The number of benzene rings is 1.